The van der Waals surface area contributed by atoms with E-state index in [-0.39, 0.29) is 30.8 Å². The fourth-order valence-electron chi connectivity index (χ4n) is 2.22. The highest BCUT2D eigenvalue weighted by molar-refractivity contribution is 9.10. The quantitative estimate of drug-likeness (QED) is 0.734. The predicted molar refractivity (Wildman–Crippen MR) is 89.6 cm³/mol. The van der Waals surface area contributed by atoms with Crippen molar-refractivity contribution in [2.24, 2.45) is 0 Å². The van der Waals surface area contributed by atoms with Crippen LogP contribution in [0.4, 0.5) is 10.1 Å². The summed E-state index contributed by atoms with van der Waals surface area (Å²) in [6.45, 7) is 2.00. The van der Waals surface area contributed by atoms with Crippen LogP contribution in [0.5, 0.6) is 0 Å². The summed E-state index contributed by atoms with van der Waals surface area (Å²) in [4.78, 5) is 12.0. The summed E-state index contributed by atoms with van der Waals surface area (Å²) in [7, 11) is 0. The summed E-state index contributed by atoms with van der Waals surface area (Å²) in [6.07, 6.45) is 0.640. The van der Waals surface area contributed by atoms with Gasteiger partial charge in [0.05, 0.1) is 17.6 Å². The number of nitrogens with one attached hydrogen (secondary N) is 1. The first-order chi connectivity index (χ1) is 11.4. The van der Waals surface area contributed by atoms with Crippen molar-refractivity contribution in [3.63, 3.8) is 0 Å². The molecule has 1 fully saturated rings. The Bertz CT molecular complexity index is 761. The number of anilines is 1. The molecule has 2 N–H and O–H groups in total. The van der Waals surface area contributed by atoms with Gasteiger partial charge < -0.3 is 15.2 Å². The standard InChI is InChI=1S/C16H17BrFN3O3/c1-2-24-14(22)13-12(19-15(23)16(18)6-7-16)9-21(20-13)11-5-3-4-10(17)8-11/h3-5,8-9,14,22H,2,6-7H2,1H3,(H,19,23). The number of amides is 1. The summed E-state index contributed by atoms with van der Waals surface area (Å²) in [5.41, 5.74) is -0.735. The zero-order valence-corrected chi connectivity index (χ0v) is 14.6. The molecule has 24 heavy (non-hydrogen) atoms. The van der Waals surface area contributed by atoms with Crippen molar-refractivity contribution in [2.45, 2.75) is 31.7 Å². The number of hydrogen-bond acceptors (Lipinski definition) is 4. The molecule has 8 heteroatoms. The zero-order chi connectivity index (χ0) is 17.3. The number of alkyl halides is 1. The average molecular weight is 398 g/mol. The fourth-order valence-corrected chi connectivity index (χ4v) is 2.61. The third kappa shape index (κ3) is 3.50. The van der Waals surface area contributed by atoms with E-state index in [0.717, 1.165) is 10.2 Å². The third-order valence-corrected chi connectivity index (χ3v) is 4.21. The zero-order valence-electron chi connectivity index (χ0n) is 13.0. The Morgan fingerprint density at radius 3 is 2.96 bits per heavy atom. The number of carbonyl (C=O) groups is 1. The minimum atomic E-state index is -1.81. The number of hydrogen-bond donors (Lipinski definition) is 2. The molecule has 1 aliphatic carbocycles. The van der Waals surface area contributed by atoms with Crippen molar-refractivity contribution in [1.29, 1.82) is 0 Å². The number of carbonyl (C=O) groups excluding carboxylic acids is 1. The number of rotatable bonds is 6. The van der Waals surface area contributed by atoms with Crippen molar-refractivity contribution in [1.82, 2.24) is 9.78 Å². The van der Waals surface area contributed by atoms with Gasteiger partial charge >= 0.3 is 0 Å². The molecule has 1 unspecified atom stereocenters. The maximum Gasteiger partial charge on any atom is 0.262 e. The lowest BCUT2D eigenvalue weighted by Crippen LogP contribution is -2.26. The van der Waals surface area contributed by atoms with Crippen molar-refractivity contribution in [3.8, 4) is 5.69 Å². The first kappa shape index (κ1) is 17.1. The summed E-state index contributed by atoms with van der Waals surface area (Å²) in [6, 6.07) is 7.34. The molecule has 1 aromatic carbocycles. The highest BCUT2D eigenvalue weighted by Crippen LogP contribution is 2.41. The van der Waals surface area contributed by atoms with E-state index in [1.807, 2.05) is 24.3 Å². The second-order valence-corrected chi connectivity index (χ2v) is 6.50. The van der Waals surface area contributed by atoms with Gasteiger partial charge in [-0.25, -0.2) is 9.07 Å². The first-order valence-corrected chi connectivity index (χ1v) is 8.38. The van der Waals surface area contributed by atoms with E-state index >= 15 is 0 Å². The van der Waals surface area contributed by atoms with Crippen LogP contribution in [0.15, 0.2) is 34.9 Å². The van der Waals surface area contributed by atoms with E-state index in [1.165, 1.54) is 10.9 Å². The maximum absolute atomic E-state index is 13.9. The first-order valence-electron chi connectivity index (χ1n) is 7.58. The minimum absolute atomic E-state index is 0.134. The van der Waals surface area contributed by atoms with E-state index in [2.05, 4.69) is 26.3 Å². The van der Waals surface area contributed by atoms with Crippen molar-refractivity contribution in [3.05, 3.63) is 40.6 Å². The minimum Gasteiger partial charge on any atom is -0.363 e. The van der Waals surface area contributed by atoms with Crippen LogP contribution in [0.25, 0.3) is 5.69 Å². The lowest BCUT2D eigenvalue weighted by molar-refractivity contribution is -0.122. The molecule has 1 atom stereocenters. The Morgan fingerprint density at radius 2 is 2.33 bits per heavy atom. The van der Waals surface area contributed by atoms with Crippen molar-refractivity contribution >= 4 is 27.5 Å². The molecule has 0 radical (unpaired) electrons. The van der Waals surface area contributed by atoms with Gasteiger partial charge in [-0.2, -0.15) is 5.10 Å². The average Bonchev–Trinajstić information content (AvgIpc) is 3.16. The second-order valence-electron chi connectivity index (χ2n) is 5.58. The van der Waals surface area contributed by atoms with Gasteiger partial charge in [0.25, 0.3) is 5.91 Å². The summed E-state index contributed by atoms with van der Waals surface area (Å²) in [5.74, 6) is -0.721. The molecule has 0 spiro atoms. The Labute approximate surface area is 146 Å². The van der Waals surface area contributed by atoms with Gasteiger partial charge in [0.15, 0.2) is 5.67 Å². The number of nitrogens with zero attached hydrogens (tertiary/aromatic N) is 2. The third-order valence-electron chi connectivity index (χ3n) is 3.72. The predicted octanol–water partition coefficient (Wildman–Crippen LogP) is 3.10. The van der Waals surface area contributed by atoms with Crippen LogP contribution in [0.1, 0.15) is 31.7 Å². The van der Waals surface area contributed by atoms with Gasteiger partial charge in [-0.1, -0.05) is 22.0 Å². The van der Waals surface area contributed by atoms with Crippen LogP contribution in [0, 0.1) is 0 Å². The van der Waals surface area contributed by atoms with Gasteiger partial charge in [-0.05, 0) is 38.0 Å². The highest BCUT2D eigenvalue weighted by atomic mass is 79.9. The summed E-state index contributed by atoms with van der Waals surface area (Å²) in [5, 5.41) is 16.9. The molecule has 1 heterocycles. The van der Waals surface area contributed by atoms with Crippen LogP contribution >= 0.6 is 15.9 Å². The van der Waals surface area contributed by atoms with Crippen molar-refractivity contribution < 1.29 is 19.0 Å². The monoisotopic (exact) mass is 397 g/mol. The maximum atomic E-state index is 13.9. The van der Waals surface area contributed by atoms with E-state index < -0.39 is 17.9 Å². The Kier molecular flexibility index (Phi) is 4.71. The second kappa shape index (κ2) is 6.62. The lowest BCUT2D eigenvalue weighted by atomic mass is 10.3. The Hall–Kier alpha value is -1.77. The molecule has 1 amide bonds. The number of benzene rings is 1. The number of aromatic nitrogens is 2. The van der Waals surface area contributed by atoms with Crippen LogP contribution in [0.2, 0.25) is 0 Å². The number of halogens is 2. The molecule has 0 saturated heterocycles. The van der Waals surface area contributed by atoms with E-state index in [1.54, 1.807) is 6.92 Å². The number of aliphatic hydroxyl groups is 1. The number of aliphatic hydroxyl groups excluding tert-OH is 1. The molecule has 6 nitrogen and oxygen atoms in total. The van der Waals surface area contributed by atoms with Crippen LogP contribution in [-0.2, 0) is 9.53 Å². The molecular formula is C16H17BrFN3O3. The molecule has 2 aromatic rings. The molecular weight excluding hydrogens is 381 g/mol. The largest absolute Gasteiger partial charge is 0.363 e. The van der Waals surface area contributed by atoms with Crippen molar-refractivity contribution in [2.75, 3.05) is 11.9 Å². The molecule has 1 aromatic heterocycles. The number of ether oxygens (including phenoxy) is 1. The summed E-state index contributed by atoms with van der Waals surface area (Å²) >= 11 is 3.38. The molecule has 128 valence electrons. The normalized spacial score (nSPS) is 16.7. The highest BCUT2D eigenvalue weighted by Gasteiger charge is 2.51. The van der Waals surface area contributed by atoms with Crippen LogP contribution < -0.4 is 5.32 Å². The van der Waals surface area contributed by atoms with Gasteiger partial charge in [0.2, 0.25) is 6.29 Å². The van der Waals surface area contributed by atoms with Crippen LogP contribution in [-0.4, -0.2) is 33.1 Å². The fraction of sp³-hybridized carbons (Fsp3) is 0.375. The van der Waals surface area contributed by atoms with Gasteiger partial charge in [0, 0.05) is 11.1 Å². The molecule has 0 aliphatic heterocycles. The van der Waals surface area contributed by atoms with E-state index in [4.69, 9.17) is 4.74 Å². The van der Waals surface area contributed by atoms with E-state index in [0.29, 0.717) is 0 Å². The SMILES string of the molecule is CCOC(O)c1nn(-c2cccc(Br)c2)cc1NC(=O)C1(F)CC1. The lowest BCUT2D eigenvalue weighted by Gasteiger charge is -2.11. The smallest absolute Gasteiger partial charge is 0.262 e. The van der Waals surface area contributed by atoms with Gasteiger partial charge in [-0.15, -0.1) is 0 Å². The Morgan fingerprint density at radius 1 is 1.58 bits per heavy atom. The molecule has 1 saturated carbocycles. The topological polar surface area (TPSA) is 76.4 Å². The molecule has 3 rings (SSSR count). The molecule has 1 aliphatic rings. The van der Waals surface area contributed by atoms with Gasteiger partial charge in [-0.3, -0.25) is 4.79 Å². The van der Waals surface area contributed by atoms with Crippen LogP contribution in [0.3, 0.4) is 0 Å². The molecule has 0 bridgehead atoms. The summed E-state index contributed by atoms with van der Waals surface area (Å²) < 4.78 is 21.4. The van der Waals surface area contributed by atoms with E-state index in [9.17, 15) is 14.3 Å². The van der Waals surface area contributed by atoms with Gasteiger partial charge in [0.1, 0.15) is 5.69 Å². The Balaban J connectivity index is 1.94.